The average Bonchev–Trinajstić information content (AvgIpc) is 3.34. The zero-order chi connectivity index (χ0) is 14.5. The Balaban J connectivity index is 1.67. The fourth-order valence-electron chi connectivity index (χ4n) is 3.11. The zero-order valence-corrected chi connectivity index (χ0v) is 12.1. The van der Waals surface area contributed by atoms with Crippen LogP contribution in [0.2, 0.25) is 0 Å². The Hall–Kier alpha value is -2.68. The number of aromatic amines is 1. The average molecular weight is 285 g/mol. The Morgan fingerprint density at radius 2 is 2.00 bits per heavy atom. The molecular formula is C19H15N3. The van der Waals surface area contributed by atoms with Crippen LogP contribution in [-0.2, 0) is 0 Å². The molecule has 1 aliphatic carbocycles. The molecule has 5 rings (SSSR count). The molecule has 3 nitrogen and oxygen atoms in total. The highest BCUT2D eigenvalue weighted by Gasteiger charge is 2.25. The topological polar surface area (TPSA) is 41.6 Å². The van der Waals surface area contributed by atoms with Crippen LogP contribution in [0.4, 0.5) is 0 Å². The molecule has 3 aromatic heterocycles. The Kier molecular flexibility index (Phi) is 2.39. The Morgan fingerprint density at radius 3 is 2.91 bits per heavy atom. The molecule has 0 saturated heterocycles. The van der Waals surface area contributed by atoms with Gasteiger partial charge in [-0.1, -0.05) is 12.1 Å². The van der Waals surface area contributed by atoms with E-state index in [0.29, 0.717) is 5.92 Å². The molecule has 22 heavy (non-hydrogen) atoms. The number of fused-ring (bicyclic) bond motifs is 2. The van der Waals surface area contributed by atoms with Crippen LogP contribution in [0.15, 0.2) is 54.9 Å². The van der Waals surface area contributed by atoms with Crippen molar-refractivity contribution in [1.29, 1.82) is 0 Å². The largest absolute Gasteiger partial charge is 0.346 e. The van der Waals surface area contributed by atoms with Crippen LogP contribution in [0.3, 0.4) is 0 Å². The first kappa shape index (κ1) is 11.9. The highest BCUT2D eigenvalue weighted by atomic mass is 14.9. The number of nitrogens with zero attached hydrogens (tertiary/aromatic N) is 2. The predicted octanol–water partition coefficient (Wildman–Crippen LogP) is 4.66. The standard InChI is InChI=1S/C19H15N3/c1-2-14-10-13(5-7-17(14)20-9-1)16-11-21-19-15(16)6-8-18(22-19)12-3-4-12/h1-2,5-12H,3-4H2,(H,21,22). The first-order chi connectivity index (χ1) is 10.9. The van der Waals surface area contributed by atoms with Gasteiger partial charge in [0, 0.05) is 40.3 Å². The van der Waals surface area contributed by atoms with Gasteiger partial charge in [-0.05, 0) is 48.7 Å². The highest BCUT2D eigenvalue weighted by Crippen LogP contribution is 2.40. The van der Waals surface area contributed by atoms with Gasteiger partial charge < -0.3 is 4.98 Å². The lowest BCUT2D eigenvalue weighted by molar-refractivity contribution is 1.04. The molecule has 0 radical (unpaired) electrons. The van der Waals surface area contributed by atoms with Crippen LogP contribution in [0.1, 0.15) is 24.5 Å². The van der Waals surface area contributed by atoms with Gasteiger partial charge in [0.15, 0.2) is 0 Å². The van der Waals surface area contributed by atoms with Crippen molar-refractivity contribution in [2.75, 3.05) is 0 Å². The summed E-state index contributed by atoms with van der Waals surface area (Å²) in [6.07, 6.45) is 6.45. The van der Waals surface area contributed by atoms with E-state index in [2.05, 4.69) is 52.6 Å². The fourth-order valence-corrected chi connectivity index (χ4v) is 3.11. The van der Waals surface area contributed by atoms with Gasteiger partial charge in [-0.2, -0.15) is 0 Å². The number of nitrogens with one attached hydrogen (secondary N) is 1. The van der Waals surface area contributed by atoms with E-state index in [4.69, 9.17) is 4.98 Å². The monoisotopic (exact) mass is 285 g/mol. The first-order valence-electron chi connectivity index (χ1n) is 7.72. The summed E-state index contributed by atoms with van der Waals surface area (Å²) in [6.45, 7) is 0. The van der Waals surface area contributed by atoms with E-state index >= 15 is 0 Å². The van der Waals surface area contributed by atoms with E-state index in [1.54, 1.807) is 0 Å². The number of pyridine rings is 2. The van der Waals surface area contributed by atoms with Crippen molar-refractivity contribution >= 4 is 21.9 Å². The second-order valence-electron chi connectivity index (χ2n) is 6.02. The smallest absolute Gasteiger partial charge is 0.138 e. The summed E-state index contributed by atoms with van der Waals surface area (Å²) in [7, 11) is 0. The minimum Gasteiger partial charge on any atom is -0.346 e. The van der Waals surface area contributed by atoms with Crippen LogP contribution >= 0.6 is 0 Å². The molecule has 3 heteroatoms. The van der Waals surface area contributed by atoms with Gasteiger partial charge >= 0.3 is 0 Å². The lowest BCUT2D eigenvalue weighted by atomic mass is 10.0. The summed E-state index contributed by atoms with van der Waals surface area (Å²) in [5, 5.41) is 2.35. The maximum atomic E-state index is 4.78. The van der Waals surface area contributed by atoms with Gasteiger partial charge in [-0.3, -0.25) is 4.98 Å². The maximum absolute atomic E-state index is 4.78. The number of hydrogen-bond donors (Lipinski definition) is 1. The van der Waals surface area contributed by atoms with Crippen LogP contribution < -0.4 is 0 Å². The maximum Gasteiger partial charge on any atom is 0.138 e. The molecule has 1 N–H and O–H groups in total. The van der Waals surface area contributed by atoms with Crippen LogP contribution in [0, 0.1) is 0 Å². The molecule has 0 amide bonds. The van der Waals surface area contributed by atoms with Crippen LogP contribution in [0.5, 0.6) is 0 Å². The molecule has 1 aliphatic rings. The lowest BCUT2D eigenvalue weighted by Gasteiger charge is -2.03. The Morgan fingerprint density at radius 1 is 1.05 bits per heavy atom. The Bertz CT molecular complexity index is 996. The van der Waals surface area contributed by atoms with E-state index in [-0.39, 0.29) is 0 Å². The zero-order valence-electron chi connectivity index (χ0n) is 12.1. The van der Waals surface area contributed by atoms with Crippen molar-refractivity contribution < 1.29 is 0 Å². The van der Waals surface area contributed by atoms with Crippen LogP contribution in [-0.4, -0.2) is 15.0 Å². The first-order valence-corrected chi connectivity index (χ1v) is 7.72. The molecule has 1 saturated carbocycles. The number of benzene rings is 1. The lowest BCUT2D eigenvalue weighted by Crippen LogP contribution is -1.86. The van der Waals surface area contributed by atoms with E-state index in [0.717, 1.165) is 16.6 Å². The molecule has 0 aliphatic heterocycles. The second kappa shape index (κ2) is 4.41. The third-order valence-electron chi connectivity index (χ3n) is 4.47. The summed E-state index contributed by atoms with van der Waals surface area (Å²) < 4.78 is 0. The summed E-state index contributed by atoms with van der Waals surface area (Å²) >= 11 is 0. The van der Waals surface area contributed by atoms with E-state index < -0.39 is 0 Å². The normalized spacial score (nSPS) is 14.7. The number of aromatic nitrogens is 3. The molecule has 0 atom stereocenters. The molecule has 1 fully saturated rings. The molecule has 0 bridgehead atoms. The summed E-state index contributed by atoms with van der Waals surface area (Å²) in [5.41, 5.74) is 5.65. The summed E-state index contributed by atoms with van der Waals surface area (Å²) in [4.78, 5) is 12.5. The fraction of sp³-hybridized carbons (Fsp3) is 0.158. The third-order valence-corrected chi connectivity index (χ3v) is 4.47. The van der Waals surface area contributed by atoms with Gasteiger partial charge in [-0.15, -0.1) is 0 Å². The molecule has 1 aromatic carbocycles. The quantitative estimate of drug-likeness (QED) is 0.582. The molecule has 0 spiro atoms. The predicted molar refractivity (Wildman–Crippen MR) is 88.8 cm³/mol. The molecule has 4 aromatic rings. The van der Waals surface area contributed by atoms with E-state index in [1.165, 1.54) is 35.0 Å². The van der Waals surface area contributed by atoms with Gasteiger partial charge in [0.1, 0.15) is 5.65 Å². The molecular weight excluding hydrogens is 270 g/mol. The van der Waals surface area contributed by atoms with Gasteiger partial charge in [-0.25, -0.2) is 4.98 Å². The van der Waals surface area contributed by atoms with Crippen molar-refractivity contribution in [2.24, 2.45) is 0 Å². The summed E-state index contributed by atoms with van der Waals surface area (Å²) in [6, 6.07) is 14.9. The van der Waals surface area contributed by atoms with Crippen LogP contribution in [0.25, 0.3) is 33.1 Å². The van der Waals surface area contributed by atoms with Crippen molar-refractivity contribution in [2.45, 2.75) is 18.8 Å². The van der Waals surface area contributed by atoms with Gasteiger partial charge in [0.2, 0.25) is 0 Å². The number of rotatable bonds is 2. The van der Waals surface area contributed by atoms with Gasteiger partial charge in [0.05, 0.1) is 5.52 Å². The molecule has 106 valence electrons. The minimum absolute atomic E-state index is 0.683. The van der Waals surface area contributed by atoms with Gasteiger partial charge in [0.25, 0.3) is 0 Å². The Labute approximate surface area is 128 Å². The van der Waals surface area contributed by atoms with Crippen molar-refractivity contribution in [1.82, 2.24) is 15.0 Å². The number of H-pyrrole nitrogens is 1. The minimum atomic E-state index is 0.683. The molecule has 3 heterocycles. The van der Waals surface area contributed by atoms with Crippen molar-refractivity contribution in [3.05, 3.63) is 60.6 Å². The second-order valence-corrected chi connectivity index (χ2v) is 6.02. The number of hydrogen-bond acceptors (Lipinski definition) is 2. The van der Waals surface area contributed by atoms with Crippen molar-refractivity contribution in [3.63, 3.8) is 0 Å². The van der Waals surface area contributed by atoms with Crippen molar-refractivity contribution in [3.8, 4) is 11.1 Å². The third kappa shape index (κ3) is 1.82. The highest BCUT2D eigenvalue weighted by molar-refractivity contribution is 5.96. The molecule has 0 unspecified atom stereocenters. The SMILES string of the molecule is c1cnc2ccc(-c3c[nH]c4nc(C5CC5)ccc34)cc2c1. The summed E-state index contributed by atoms with van der Waals surface area (Å²) in [5.74, 6) is 0.683. The van der Waals surface area contributed by atoms with E-state index in [9.17, 15) is 0 Å². The van der Waals surface area contributed by atoms with E-state index in [1.807, 2.05) is 12.3 Å².